The van der Waals surface area contributed by atoms with E-state index >= 15 is 0 Å². The molecule has 0 heterocycles. The molecule has 3 aromatic rings. The van der Waals surface area contributed by atoms with Crippen LogP contribution in [-0.2, 0) is 10.0 Å². The highest BCUT2D eigenvalue weighted by Gasteiger charge is 2.25. The first kappa shape index (κ1) is 20.5. The van der Waals surface area contributed by atoms with Crippen LogP contribution in [0.15, 0.2) is 71.6 Å². The number of hydrogen-bond acceptors (Lipinski definition) is 3. The van der Waals surface area contributed by atoms with Gasteiger partial charge in [0.05, 0.1) is 16.1 Å². The van der Waals surface area contributed by atoms with Gasteiger partial charge >= 0.3 is 5.97 Å². The Morgan fingerprint density at radius 2 is 1.69 bits per heavy atom. The highest BCUT2D eigenvalue weighted by Crippen LogP contribution is 2.28. The van der Waals surface area contributed by atoms with Crippen LogP contribution in [0.25, 0.3) is 11.1 Å². The third kappa shape index (κ3) is 4.14. The number of carboxylic acid groups (broad SMARTS) is 1. The molecule has 0 radical (unpaired) electrons. The molecule has 0 amide bonds. The monoisotopic (exact) mass is 413 g/mol. The molecule has 150 valence electrons. The van der Waals surface area contributed by atoms with E-state index in [9.17, 15) is 22.7 Å². The van der Waals surface area contributed by atoms with Gasteiger partial charge in [-0.2, -0.15) is 0 Å². The molecule has 0 aliphatic heterocycles. The van der Waals surface area contributed by atoms with Crippen LogP contribution < -0.4 is 4.31 Å². The SMILES string of the molecule is CCN(c1ccc(-c2cccc(F)c2)cc1)S(=O)(=O)c1ccc(C)c(C(=O)O)c1. The minimum atomic E-state index is -3.95. The Morgan fingerprint density at radius 3 is 2.28 bits per heavy atom. The number of aromatic carboxylic acids is 1. The Hall–Kier alpha value is -3.19. The Labute approximate surface area is 169 Å². The molecule has 5 nitrogen and oxygen atoms in total. The predicted molar refractivity (Wildman–Crippen MR) is 110 cm³/mol. The first-order chi connectivity index (χ1) is 13.7. The van der Waals surface area contributed by atoms with E-state index in [1.165, 1.54) is 34.6 Å². The molecule has 0 aliphatic carbocycles. The molecule has 0 saturated heterocycles. The number of hydrogen-bond donors (Lipinski definition) is 1. The summed E-state index contributed by atoms with van der Waals surface area (Å²) in [5.74, 6) is -1.53. The second-order valence-electron chi connectivity index (χ2n) is 6.51. The number of nitrogens with zero attached hydrogens (tertiary/aromatic N) is 1. The molecule has 0 spiro atoms. The number of halogens is 1. The molecule has 1 N–H and O–H groups in total. The van der Waals surface area contributed by atoms with E-state index in [0.717, 1.165) is 5.56 Å². The van der Waals surface area contributed by atoms with E-state index in [-0.39, 0.29) is 22.8 Å². The van der Waals surface area contributed by atoms with Crippen molar-refractivity contribution >= 4 is 21.7 Å². The summed E-state index contributed by atoms with van der Waals surface area (Å²) in [5, 5.41) is 9.29. The lowest BCUT2D eigenvalue weighted by molar-refractivity contribution is 0.0696. The zero-order valence-corrected chi connectivity index (χ0v) is 16.8. The average molecular weight is 413 g/mol. The van der Waals surface area contributed by atoms with Gasteiger partial charge < -0.3 is 5.11 Å². The molecular formula is C22H20FNO4S. The number of anilines is 1. The lowest BCUT2D eigenvalue weighted by Gasteiger charge is -2.23. The molecule has 0 aromatic heterocycles. The maximum atomic E-state index is 13.4. The fourth-order valence-corrected chi connectivity index (χ4v) is 4.60. The molecule has 7 heteroatoms. The van der Waals surface area contributed by atoms with Crippen LogP contribution >= 0.6 is 0 Å². The maximum Gasteiger partial charge on any atom is 0.335 e. The zero-order valence-electron chi connectivity index (χ0n) is 16.0. The largest absolute Gasteiger partial charge is 0.478 e. The summed E-state index contributed by atoms with van der Waals surface area (Å²) in [6.07, 6.45) is 0. The van der Waals surface area contributed by atoms with Gasteiger partial charge in [-0.15, -0.1) is 0 Å². The molecule has 0 bridgehead atoms. The van der Waals surface area contributed by atoms with Gasteiger partial charge in [-0.3, -0.25) is 4.31 Å². The van der Waals surface area contributed by atoms with Crippen LogP contribution in [0, 0.1) is 12.7 Å². The van der Waals surface area contributed by atoms with Crippen molar-refractivity contribution in [3.63, 3.8) is 0 Å². The Bertz CT molecular complexity index is 1160. The highest BCUT2D eigenvalue weighted by molar-refractivity contribution is 7.92. The van der Waals surface area contributed by atoms with Gasteiger partial charge in [-0.25, -0.2) is 17.6 Å². The van der Waals surface area contributed by atoms with E-state index in [0.29, 0.717) is 16.8 Å². The van der Waals surface area contributed by atoms with Crippen molar-refractivity contribution in [2.45, 2.75) is 18.7 Å². The number of benzene rings is 3. The predicted octanol–water partition coefficient (Wildman–Crippen LogP) is 4.71. The van der Waals surface area contributed by atoms with E-state index in [1.54, 1.807) is 50.2 Å². The third-order valence-corrected chi connectivity index (χ3v) is 6.53. The van der Waals surface area contributed by atoms with E-state index in [4.69, 9.17) is 0 Å². The lowest BCUT2D eigenvalue weighted by Crippen LogP contribution is -2.31. The number of rotatable bonds is 6. The molecule has 29 heavy (non-hydrogen) atoms. The van der Waals surface area contributed by atoms with Crippen LogP contribution in [0.5, 0.6) is 0 Å². The maximum absolute atomic E-state index is 13.4. The van der Waals surface area contributed by atoms with Gasteiger partial charge in [-0.05, 0) is 66.9 Å². The van der Waals surface area contributed by atoms with E-state index in [1.807, 2.05) is 0 Å². The van der Waals surface area contributed by atoms with Crippen molar-refractivity contribution in [3.05, 3.63) is 83.7 Å². The minimum Gasteiger partial charge on any atom is -0.478 e. The molecule has 0 atom stereocenters. The third-order valence-electron chi connectivity index (χ3n) is 4.63. The molecular weight excluding hydrogens is 393 g/mol. The summed E-state index contributed by atoms with van der Waals surface area (Å²) in [6, 6.07) is 16.9. The van der Waals surface area contributed by atoms with E-state index in [2.05, 4.69) is 0 Å². The standard InChI is InChI=1S/C22H20FNO4S/c1-3-24(29(27,28)20-12-7-15(2)21(14-20)22(25)26)19-10-8-16(9-11-19)17-5-4-6-18(23)13-17/h4-14H,3H2,1-2H3,(H,25,26). The molecule has 3 rings (SSSR count). The fourth-order valence-electron chi connectivity index (χ4n) is 3.10. The minimum absolute atomic E-state index is 0.0522. The molecule has 0 fully saturated rings. The smallest absolute Gasteiger partial charge is 0.335 e. The summed E-state index contributed by atoms with van der Waals surface area (Å²) in [6.45, 7) is 3.48. The summed E-state index contributed by atoms with van der Waals surface area (Å²) < 4.78 is 40.9. The molecule has 3 aromatic carbocycles. The van der Waals surface area contributed by atoms with Gasteiger partial charge in [0.25, 0.3) is 10.0 Å². The van der Waals surface area contributed by atoms with Gasteiger partial charge in [-0.1, -0.05) is 30.3 Å². The van der Waals surface area contributed by atoms with Gasteiger partial charge in [0.15, 0.2) is 0 Å². The van der Waals surface area contributed by atoms with Gasteiger partial charge in [0, 0.05) is 6.54 Å². The van der Waals surface area contributed by atoms with Crippen LogP contribution in [0.1, 0.15) is 22.8 Å². The van der Waals surface area contributed by atoms with Crippen molar-refractivity contribution in [2.75, 3.05) is 10.8 Å². The van der Waals surface area contributed by atoms with Crippen LogP contribution in [0.2, 0.25) is 0 Å². The van der Waals surface area contributed by atoms with Crippen molar-refractivity contribution in [1.82, 2.24) is 0 Å². The van der Waals surface area contributed by atoms with Gasteiger partial charge in [0.2, 0.25) is 0 Å². The quantitative estimate of drug-likeness (QED) is 0.635. The Kier molecular flexibility index (Phi) is 5.70. The Balaban J connectivity index is 1.98. The number of carbonyl (C=O) groups is 1. The number of carboxylic acids is 1. The number of sulfonamides is 1. The summed E-state index contributed by atoms with van der Waals surface area (Å²) in [7, 11) is -3.95. The van der Waals surface area contributed by atoms with Crippen molar-refractivity contribution in [2.24, 2.45) is 0 Å². The van der Waals surface area contributed by atoms with Gasteiger partial charge in [0.1, 0.15) is 5.82 Å². The van der Waals surface area contributed by atoms with Crippen LogP contribution in [0.4, 0.5) is 10.1 Å². The second-order valence-corrected chi connectivity index (χ2v) is 8.37. The summed E-state index contributed by atoms with van der Waals surface area (Å²) in [4.78, 5) is 11.3. The highest BCUT2D eigenvalue weighted by atomic mass is 32.2. The van der Waals surface area contributed by atoms with Crippen LogP contribution in [0.3, 0.4) is 0 Å². The van der Waals surface area contributed by atoms with Crippen LogP contribution in [-0.4, -0.2) is 26.0 Å². The lowest BCUT2D eigenvalue weighted by atomic mass is 10.1. The fraction of sp³-hybridized carbons (Fsp3) is 0.136. The van der Waals surface area contributed by atoms with Crippen molar-refractivity contribution < 1.29 is 22.7 Å². The first-order valence-corrected chi connectivity index (χ1v) is 10.4. The summed E-state index contributed by atoms with van der Waals surface area (Å²) in [5.41, 5.74) is 2.31. The topological polar surface area (TPSA) is 74.7 Å². The average Bonchev–Trinajstić information content (AvgIpc) is 2.69. The van der Waals surface area contributed by atoms with E-state index < -0.39 is 16.0 Å². The second kappa shape index (κ2) is 8.05. The first-order valence-electron chi connectivity index (χ1n) is 8.96. The summed E-state index contributed by atoms with van der Waals surface area (Å²) >= 11 is 0. The van der Waals surface area contributed by atoms with Crippen molar-refractivity contribution in [3.8, 4) is 11.1 Å². The Morgan fingerprint density at radius 1 is 1.00 bits per heavy atom. The molecule has 0 saturated carbocycles. The van der Waals surface area contributed by atoms with Crippen molar-refractivity contribution in [1.29, 1.82) is 0 Å². The zero-order chi connectivity index (χ0) is 21.2. The molecule has 0 aliphatic rings. The number of aryl methyl sites for hydroxylation is 1. The molecule has 0 unspecified atom stereocenters. The normalized spacial score (nSPS) is 11.3.